The van der Waals surface area contributed by atoms with Gasteiger partial charge in [-0.3, -0.25) is 9.69 Å². The molecule has 5 N–H and O–H groups in total. The lowest BCUT2D eigenvalue weighted by atomic mass is 9.97. The predicted octanol–water partition coefficient (Wildman–Crippen LogP) is 3.64. The Morgan fingerprint density at radius 2 is 1.57 bits per heavy atom. The molecule has 2 aliphatic rings. The Balaban J connectivity index is 1.26. The van der Waals surface area contributed by atoms with Gasteiger partial charge in [-0.25, -0.2) is 4.79 Å². The van der Waals surface area contributed by atoms with Gasteiger partial charge < -0.3 is 39.7 Å². The fourth-order valence-corrected chi connectivity index (χ4v) is 7.03. The molecule has 0 spiro atoms. The van der Waals surface area contributed by atoms with E-state index >= 15 is 0 Å². The fraction of sp³-hybridized carbons (Fsp3) is 0.353. The second-order valence-electron chi connectivity index (χ2n) is 11.5. The highest BCUT2D eigenvalue weighted by atomic mass is 32.1. The average Bonchev–Trinajstić information content (AvgIpc) is 3.44. The van der Waals surface area contributed by atoms with Crippen LogP contribution in [-0.2, 0) is 9.53 Å². The molecule has 0 saturated carbocycles. The minimum Gasteiger partial charge on any atom is -0.508 e. The van der Waals surface area contributed by atoms with E-state index in [1.54, 1.807) is 66.7 Å². The number of aliphatic carboxylic acids is 1. The molecule has 12 heteroatoms. The third kappa shape index (κ3) is 6.73. The number of likely N-dealkylation sites (tertiary alicyclic amines) is 1. The Labute approximate surface area is 268 Å². The van der Waals surface area contributed by atoms with Crippen LogP contribution in [0, 0.1) is 0 Å². The summed E-state index contributed by atoms with van der Waals surface area (Å²) in [6.07, 6.45) is -5.02. The van der Waals surface area contributed by atoms with Crippen molar-refractivity contribution in [2.75, 3.05) is 26.2 Å². The van der Waals surface area contributed by atoms with E-state index in [1.807, 2.05) is 0 Å². The number of fused-ring (bicyclic) bond motifs is 1. The molecule has 5 atom stereocenters. The van der Waals surface area contributed by atoms with Crippen molar-refractivity contribution in [3.05, 3.63) is 77.9 Å². The summed E-state index contributed by atoms with van der Waals surface area (Å²) in [4.78, 5) is 28.6. The molecule has 2 aliphatic heterocycles. The molecule has 11 nitrogen and oxygen atoms in total. The zero-order chi connectivity index (χ0) is 32.4. The van der Waals surface area contributed by atoms with Crippen molar-refractivity contribution in [2.24, 2.45) is 0 Å². The smallest absolute Gasteiger partial charge is 0.335 e. The molecule has 4 aromatic rings. The standard InChI is InChI=1S/C34H35NO10S/c36-21-8-4-20(5-9-21)32-26(27(37)19-6-10-22(11-7-19)43-17-16-35-14-2-1-3-15-35)24-13-12-23(18-25(24)46-32)44-34-30(40)28(38)29(39)31(45-34)33(41)42/h4-13,18,28-31,34,36,38-40H,1-3,14-17H2,(H,41,42)/t28-,29-,30-,31+,34+/m0/s1. The molecule has 1 aromatic heterocycles. The number of ketones is 1. The van der Waals surface area contributed by atoms with Gasteiger partial charge in [0, 0.05) is 32.6 Å². The summed E-state index contributed by atoms with van der Waals surface area (Å²) in [5.74, 6) is -0.774. The molecule has 3 aromatic carbocycles. The first-order valence-electron chi connectivity index (χ1n) is 15.1. The van der Waals surface area contributed by atoms with Gasteiger partial charge in [-0.1, -0.05) is 6.42 Å². The van der Waals surface area contributed by atoms with E-state index in [0.29, 0.717) is 38.4 Å². The maximum absolute atomic E-state index is 14.0. The molecule has 0 aliphatic carbocycles. The Morgan fingerprint density at radius 3 is 2.26 bits per heavy atom. The molecule has 46 heavy (non-hydrogen) atoms. The number of aromatic hydroxyl groups is 1. The fourth-order valence-electron chi connectivity index (χ4n) is 5.80. The number of benzene rings is 3. The topological polar surface area (TPSA) is 166 Å². The number of carboxylic acids is 1. The van der Waals surface area contributed by atoms with Crippen LogP contribution in [0.2, 0.25) is 0 Å². The minimum atomic E-state index is -1.84. The number of phenols is 1. The predicted molar refractivity (Wildman–Crippen MR) is 170 cm³/mol. The van der Waals surface area contributed by atoms with E-state index in [1.165, 1.54) is 30.6 Å². The van der Waals surface area contributed by atoms with Gasteiger partial charge in [-0.15, -0.1) is 11.3 Å². The highest BCUT2D eigenvalue weighted by Gasteiger charge is 2.48. The SMILES string of the molecule is O=C(c1ccc(OCCN2CCCCC2)cc1)c1c(-c2ccc(O)cc2)sc2cc(O[C@@H]3O[C@@H](C(=O)O)[C@@H](O)[C@H](O)[C@@H]3O)ccc12. The molecule has 242 valence electrons. The number of phenolic OH excluding ortho intramolecular Hbond substituents is 1. The van der Waals surface area contributed by atoms with Crippen LogP contribution in [0.5, 0.6) is 17.2 Å². The molecule has 2 fully saturated rings. The molecule has 2 saturated heterocycles. The van der Waals surface area contributed by atoms with Crippen LogP contribution in [0.3, 0.4) is 0 Å². The number of nitrogens with zero attached hydrogens (tertiary/aromatic N) is 1. The van der Waals surface area contributed by atoms with E-state index in [9.17, 15) is 35.1 Å². The number of carboxylic acid groups (broad SMARTS) is 1. The van der Waals surface area contributed by atoms with Crippen LogP contribution in [0.1, 0.15) is 35.2 Å². The Kier molecular flexibility index (Phi) is 9.54. The number of piperidine rings is 1. The number of aliphatic hydroxyl groups excluding tert-OH is 3. The van der Waals surface area contributed by atoms with Crippen molar-refractivity contribution >= 4 is 33.2 Å². The van der Waals surface area contributed by atoms with Gasteiger partial charge in [0.1, 0.15) is 42.2 Å². The maximum Gasteiger partial charge on any atom is 0.335 e. The number of hydrogen-bond donors (Lipinski definition) is 5. The lowest BCUT2D eigenvalue weighted by Gasteiger charge is -2.38. The summed E-state index contributed by atoms with van der Waals surface area (Å²) in [7, 11) is 0. The first-order valence-corrected chi connectivity index (χ1v) is 16.0. The quantitative estimate of drug-likeness (QED) is 0.159. The Bertz CT molecular complexity index is 1680. The largest absolute Gasteiger partial charge is 0.508 e. The summed E-state index contributed by atoms with van der Waals surface area (Å²) in [6.45, 7) is 3.61. The molecule has 0 unspecified atom stereocenters. The van der Waals surface area contributed by atoms with Crippen molar-refractivity contribution in [1.82, 2.24) is 4.90 Å². The van der Waals surface area contributed by atoms with Crippen LogP contribution in [0.25, 0.3) is 20.5 Å². The molecular formula is C34H35NO10S. The van der Waals surface area contributed by atoms with Crippen molar-refractivity contribution in [1.29, 1.82) is 0 Å². The third-order valence-corrected chi connectivity index (χ3v) is 9.53. The van der Waals surface area contributed by atoms with Crippen LogP contribution in [-0.4, -0.2) is 99.1 Å². The summed E-state index contributed by atoms with van der Waals surface area (Å²) < 4.78 is 17.6. The van der Waals surface area contributed by atoms with Gasteiger partial charge in [-0.05, 0) is 98.2 Å². The van der Waals surface area contributed by atoms with E-state index in [0.717, 1.165) is 25.2 Å². The number of hydrogen-bond acceptors (Lipinski definition) is 11. The zero-order valence-electron chi connectivity index (χ0n) is 24.8. The summed E-state index contributed by atoms with van der Waals surface area (Å²) >= 11 is 1.32. The lowest BCUT2D eigenvalue weighted by molar-refractivity contribution is -0.271. The summed E-state index contributed by atoms with van der Waals surface area (Å²) in [5, 5.41) is 50.4. The summed E-state index contributed by atoms with van der Waals surface area (Å²) in [6, 6.07) is 18.4. The molecule has 0 bridgehead atoms. The van der Waals surface area contributed by atoms with Gasteiger partial charge in [0.2, 0.25) is 6.29 Å². The number of aliphatic hydroxyl groups is 3. The maximum atomic E-state index is 14.0. The van der Waals surface area contributed by atoms with E-state index in [4.69, 9.17) is 14.2 Å². The molecule has 0 radical (unpaired) electrons. The number of thiophene rings is 1. The van der Waals surface area contributed by atoms with Crippen molar-refractivity contribution in [3.63, 3.8) is 0 Å². The third-order valence-electron chi connectivity index (χ3n) is 8.32. The summed E-state index contributed by atoms with van der Waals surface area (Å²) in [5.41, 5.74) is 1.64. The second kappa shape index (κ2) is 13.8. The van der Waals surface area contributed by atoms with E-state index in [2.05, 4.69) is 4.90 Å². The molecule has 0 amide bonds. The highest BCUT2D eigenvalue weighted by molar-refractivity contribution is 7.22. The number of carbonyl (C=O) groups excluding carboxylic acids is 1. The average molecular weight is 650 g/mol. The molecule has 6 rings (SSSR count). The van der Waals surface area contributed by atoms with Crippen molar-refractivity contribution in [2.45, 2.75) is 50.0 Å². The lowest BCUT2D eigenvalue weighted by Crippen LogP contribution is -2.61. The van der Waals surface area contributed by atoms with Gasteiger partial charge >= 0.3 is 5.97 Å². The van der Waals surface area contributed by atoms with Gasteiger partial charge in [-0.2, -0.15) is 0 Å². The molecule has 3 heterocycles. The first kappa shape index (κ1) is 31.9. The van der Waals surface area contributed by atoms with Crippen LogP contribution < -0.4 is 9.47 Å². The Hall–Kier alpha value is -4.04. The van der Waals surface area contributed by atoms with Gasteiger partial charge in [0.15, 0.2) is 11.9 Å². The van der Waals surface area contributed by atoms with Crippen LogP contribution in [0.4, 0.5) is 0 Å². The minimum absolute atomic E-state index is 0.0855. The van der Waals surface area contributed by atoms with Crippen molar-refractivity contribution in [3.8, 4) is 27.7 Å². The highest BCUT2D eigenvalue weighted by Crippen LogP contribution is 2.42. The Morgan fingerprint density at radius 1 is 0.870 bits per heavy atom. The van der Waals surface area contributed by atoms with Crippen LogP contribution >= 0.6 is 11.3 Å². The monoisotopic (exact) mass is 649 g/mol. The second-order valence-corrected chi connectivity index (χ2v) is 12.5. The van der Waals surface area contributed by atoms with E-state index < -0.39 is 36.7 Å². The first-order chi connectivity index (χ1) is 22.2. The normalized spacial score (nSPS) is 23.7. The van der Waals surface area contributed by atoms with E-state index in [-0.39, 0.29) is 17.3 Å². The van der Waals surface area contributed by atoms with Crippen LogP contribution in [0.15, 0.2) is 66.7 Å². The number of carbonyl (C=O) groups is 2. The van der Waals surface area contributed by atoms with Gasteiger partial charge in [0.05, 0.1) is 0 Å². The molecular weight excluding hydrogens is 614 g/mol. The zero-order valence-corrected chi connectivity index (χ0v) is 25.6. The number of ether oxygens (including phenoxy) is 3. The number of rotatable bonds is 10. The van der Waals surface area contributed by atoms with Gasteiger partial charge in [0.25, 0.3) is 0 Å². The van der Waals surface area contributed by atoms with Crippen molar-refractivity contribution < 1.29 is 49.3 Å².